The van der Waals surface area contributed by atoms with Crippen LogP contribution in [-0.4, -0.2) is 66.7 Å². The predicted molar refractivity (Wildman–Crippen MR) is 122 cm³/mol. The molecule has 2 unspecified atom stereocenters. The number of ether oxygens (including phenoxy) is 1. The van der Waals surface area contributed by atoms with E-state index in [0.29, 0.717) is 12.1 Å². The molecule has 2 heterocycles. The Kier molecular flexibility index (Phi) is 6.82. The number of rotatable bonds is 7. The molecule has 6 nitrogen and oxygen atoms in total. The van der Waals surface area contributed by atoms with Crippen LogP contribution in [0.15, 0.2) is 48.5 Å². The zero-order valence-electron chi connectivity index (χ0n) is 18.8. The highest BCUT2D eigenvalue weighted by Gasteiger charge is 2.51. The lowest BCUT2D eigenvalue weighted by molar-refractivity contribution is -0.140. The van der Waals surface area contributed by atoms with Crippen molar-refractivity contribution in [3.05, 3.63) is 70.8 Å². The summed E-state index contributed by atoms with van der Waals surface area (Å²) < 4.78 is 5.40. The Morgan fingerprint density at radius 3 is 2.12 bits per heavy atom. The molecule has 2 fully saturated rings. The van der Waals surface area contributed by atoms with E-state index in [4.69, 9.17) is 4.74 Å². The minimum atomic E-state index is -1.02. The fourth-order valence-corrected chi connectivity index (χ4v) is 4.55. The minimum absolute atomic E-state index is 0.287. The van der Waals surface area contributed by atoms with Gasteiger partial charge in [-0.05, 0) is 25.8 Å². The highest BCUT2D eigenvalue weighted by Crippen LogP contribution is 2.38. The second kappa shape index (κ2) is 9.76. The second-order valence-electron chi connectivity index (χ2n) is 8.73. The first-order valence-electron chi connectivity index (χ1n) is 11.3. The first-order chi connectivity index (χ1) is 15.5. The summed E-state index contributed by atoms with van der Waals surface area (Å²) in [6, 6.07) is 14.4. The Balaban J connectivity index is 1.60. The summed E-state index contributed by atoms with van der Waals surface area (Å²) in [6.07, 6.45) is 0.743. The fourth-order valence-electron chi connectivity index (χ4n) is 4.55. The van der Waals surface area contributed by atoms with E-state index in [1.54, 1.807) is 17.0 Å². The number of nitrogens with zero attached hydrogens (tertiary/aromatic N) is 2. The van der Waals surface area contributed by atoms with Gasteiger partial charge in [0.15, 0.2) is 5.78 Å². The Labute approximate surface area is 189 Å². The van der Waals surface area contributed by atoms with Gasteiger partial charge < -0.3 is 9.64 Å². The van der Waals surface area contributed by atoms with Crippen LogP contribution in [0.25, 0.3) is 0 Å². The number of hydrogen-bond donors (Lipinski definition) is 0. The normalized spacial score (nSPS) is 21.9. The predicted octanol–water partition coefficient (Wildman–Crippen LogP) is 2.98. The molecule has 0 N–H and O–H groups in total. The highest BCUT2D eigenvalue weighted by molar-refractivity contribution is 6.44. The number of morpholine rings is 1. The van der Waals surface area contributed by atoms with E-state index in [1.165, 1.54) is 0 Å². The Morgan fingerprint density at radius 2 is 1.50 bits per heavy atom. The van der Waals surface area contributed by atoms with Crippen molar-refractivity contribution in [1.82, 2.24) is 9.80 Å². The number of amides is 1. The van der Waals surface area contributed by atoms with Crippen LogP contribution >= 0.6 is 0 Å². The number of Topliss-reactive ketones (excluding diaryl/α,β-unsaturated/α-hetero) is 2. The lowest BCUT2D eigenvalue weighted by Crippen LogP contribution is -2.39. The van der Waals surface area contributed by atoms with Gasteiger partial charge in [-0.1, -0.05) is 59.7 Å². The van der Waals surface area contributed by atoms with Gasteiger partial charge >= 0.3 is 0 Å². The number of hydrogen-bond acceptors (Lipinski definition) is 5. The summed E-state index contributed by atoms with van der Waals surface area (Å²) in [6.45, 7) is 8.41. The van der Waals surface area contributed by atoms with Crippen LogP contribution in [0.2, 0.25) is 0 Å². The number of benzene rings is 2. The zero-order valence-corrected chi connectivity index (χ0v) is 18.8. The quantitative estimate of drug-likeness (QED) is 0.381. The Bertz CT molecular complexity index is 978. The van der Waals surface area contributed by atoms with Gasteiger partial charge in [-0.2, -0.15) is 0 Å². The van der Waals surface area contributed by atoms with Crippen LogP contribution in [-0.2, 0) is 14.3 Å². The molecular formula is C26H30N2O4. The van der Waals surface area contributed by atoms with E-state index in [-0.39, 0.29) is 5.78 Å². The van der Waals surface area contributed by atoms with Crippen molar-refractivity contribution in [3.63, 3.8) is 0 Å². The van der Waals surface area contributed by atoms with Crippen molar-refractivity contribution in [2.24, 2.45) is 5.92 Å². The maximum atomic E-state index is 13.4. The maximum Gasteiger partial charge on any atom is 0.291 e. The van der Waals surface area contributed by atoms with Gasteiger partial charge in [0.25, 0.3) is 5.91 Å². The molecule has 0 saturated carbocycles. The molecule has 168 valence electrons. The van der Waals surface area contributed by atoms with Crippen molar-refractivity contribution in [1.29, 1.82) is 0 Å². The molecule has 32 heavy (non-hydrogen) atoms. The van der Waals surface area contributed by atoms with Crippen LogP contribution in [0.3, 0.4) is 0 Å². The monoisotopic (exact) mass is 434 g/mol. The lowest BCUT2D eigenvalue weighted by Gasteiger charge is -2.30. The molecule has 0 bridgehead atoms. The molecule has 6 heteroatoms. The number of ketones is 2. The van der Waals surface area contributed by atoms with E-state index in [1.807, 2.05) is 50.2 Å². The van der Waals surface area contributed by atoms with E-state index in [2.05, 4.69) is 4.90 Å². The zero-order chi connectivity index (χ0) is 22.7. The van der Waals surface area contributed by atoms with Gasteiger partial charge in [0, 0.05) is 31.7 Å². The first-order valence-corrected chi connectivity index (χ1v) is 11.3. The van der Waals surface area contributed by atoms with Gasteiger partial charge in [0.05, 0.1) is 19.3 Å². The number of carbonyl (C=O) groups excluding carboxylic acids is 3. The lowest BCUT2D eigenvalue weighted by atomic mass is 9.86. The highest BCUT2D eigenvalue weighted by atomic mass is 16.5. The van der Waals surface area contributed by atoms with Crippen LogP contribution in [0.5, 0.6) is 0 Å². The van der Waals surface area contributed by atoms with Crippen LogP contribution < -0.4 is 0 Å². The average molecular weight is 435 g/mol. The van der Waals surface area contributed by atoms with Crippen LogP contribution in [0.4, 0.5) is 0 Å². The van der Waals surface area contributed by atoms with Gasteiger partial charge in [-0.3, -0.25) is 19.3 Å². The fraction of sp³-hybridized carbons (Fsp3) is 0.423. The van der Waals surface area contributed by atoms with Gasteiger partial charge in [0.1, 0.15) is 5.92 Å². The van der Waals surface area contributed by atoms with Crippen molar-refractivity contribution in [2.45, 2.75) is 26.3 Å². The molecule has 2 saturated heterocycles. The Morgan fingerprint density at radius 1 is 0.906 bits per heavy atom. The topological polar surface area (TPSA) is 66.9 Å². The number of carbonyl (C=O) groups is 3. The second-order valence-corrected chi connectivity index (χ2v) is 8.73. The summed E-state index contributed by atoms with van der Waals surface area (Å²) in [4.78, 5) is 43.4. The first kappa shape index (κ1) is 22.4. The van der Waals surface area contributed by atoms with Gasteiger partial charge in [-0.15, -0.1) is 0 Å². The van der Waals surface area contributed by atoms with Crippen LogP contribution in [0, 0.1) is 19.8 Å². The average Bonchev–Trinajstić information content (AvgIpc) is 3.05. The largest absolute Gasteiger partial charge is 0.379 e. The molecule has 0 aliphatic carbocycles. The van der Waals surface area contributed by atoms with Crippen molar-refractivity contribution in [3.8, 4) is 0 Å². The molecule has 0 radical (unpaired) electrons. The SMILES string of the molecule is Cc1ccc(C(=O)C2C(=O)C(=O)N(CCCN3CCOCC3)C2c2ccc(C)cc2)cc1. The molecule has 2 aromatic rings. The summed E-state index contributed by atoms with van der Waals surface area (Å²) in [7, 11) is 0. The molecule has 2 aliphatic heterocycles. The van der Waals surface area contributed by atoms with Crippen LogP contribution in [0.1, 0.15) is 39.5 Å². The summed E-state index contributed by atoms with van der Waals surface area (Å²) in [5.74, 6) is -2.46. The molecule has 0 aromatic heterocycles. The number of likely N-dealkylation sites (tertiary alicyclic amines) is 1. The molecule has 2 atom stereocenters. The summed E-state index contributed by atoms with van der Waals surface area (Å²) in [5, 5.41) is 0. The van der Waals surface area contributed by atoms with E-state index >= 15 is 0 Å². The molecule has 1 amide bonds. The summed E-state index contributed by atoms with van der Waals surface area (Å²) >= 11 is 0. The third-order valence-corrected chi connectivity index (χ3v) is 6.42. The molecule has 2 aromatic carbocycles. The Hall–Kier alpha value is -2.83. The molecule has 2 aliphatic rings. The van der Waals surface area contributed by atoms with Crippen molar-refractivity contribution >= 4 is 17.5 Å². The van der Waals surface area contributed by atoms with Crippen molar-refractivity contribution in [2.75, 3.05) is 39.4 Å². The molecule has 0 spiro atoms. The number of aryl methyl sites for hydroxylation is 2. The molecule has 4 rings (SSSR count). The smallest absolute Gasteiger partial charge is 0.291 e. The summed E-state index contributed by atoms with van der Waals surface area (Å²) in [5.41, 5.74) is 3.42. The van der Waals surface area contributed by atoms with Crippen molar-refractivity contribution < 1.29 is 19.1 Å². The van der Waals surface area contributed by atoms with E-state index in [0.717, 1.165) is 56.0 Å². The maximum absolute atomic E-state index is 13.4. The van der Waals surface area contributed by atoms with E-state index < -0.39 is 23.7 Å². The standard InChI is InChI=1S/C26H30N2O4/c1-18-4-8-20(9-5-18)23-22(24(29)21-10-6-19(2)7-11-21)25(30)26(31)28(23)13-3-12-27-14-16-32-17-15-27/h4-11,22-23H,3,12-17H2,1-2H3. The third-order valence-electron chi connectivity index (χ3n) is 6.42. The van der Waals surface area contributed by atoms with Gasteiger partial charge in [0.2, 0.25) is 5.78 Å². The third kappa shape index (κ3) is 4.66. The molecular weight excluding hydrogens is 404 g/mol. The van der Waals surface area contributed by atoms with Gasteiger partial charge in [-0.25, -0.2) is 0 Å². The van der Waals surface area contributed by atoms with E-state index in [9.17, 15) is 14.4 Å². The minimum Gasteiger partial charge on any atom is -0.379 e.